The minimum Gasteiger partial charge on any atom is -0.383 e. The standard InChI is InChI=1S/C13H12ClN3S/c1-9(13-16-4-5-18-13)8-17-12-3-2-11(14)6-10(12)7-15/h2-6,9,17H,8H2,1H3. The fourth-order valence-electron chi connectivity index (χ4n) is 1.59. The molecule has 0 spiro atoms. The van der Waals surface area contributed by atoms with Gasteiger partial charge in [0, 0.05) is 29.1 Å². The van der Waals surface area contributed by atoms with Crippen LogP contribution in [0.25, 0.3) is 0 Å². The van der Waals surface area contributed by atoms with E-state index >= 15 is 0 Å². The van der Waals surface area contributed by atoms with Crippen molar-refractivity contribution in [3.63, 3.8) is 0 Å². The quantitative estimate of drug-likeness (QED) is 0.922. The van der Waals surface area contributed by atoms with Crippen LogP contribution in [0.15, 0.2) is 29.8 Å². The van der Waals surface area contributed by atoms with Crippen molar-refractivity contribution in [3.8, 4) is 6.07 Å². The first-order valence-corrected chi connectivity index (χ1v) is 6.79. The highest BCUT2D eigenvalue weighted by atomic mass is 35.5. The molecule has 5 heteroatoms. The predicted octanol–water partition coefficient (Wildman–Crippen LogP) is 3.88. The van der Waals surface area contributed by atoms with E-state index in [1.54, 1.807) is 29.7 Å². The number of halogens is 1. The van der Waals surface area contributed by atoms with Crippen LogP contribution in [0.4, 0.5) is 5.69 Å². The lowest BCUT2D eigenvalue weighted by molar-refractivity contribution is 0.795. The van der Waals surface area contributed by atoms with Crippen LogP contribution < -0.4 is 5.32 Å². The van der Waals surface area contributed by atoms with Gasteiger partial charge in [-0.3, -0.25) is 0 Å². The Morgan fingerprint density at radius 2 is 2.39 bits per heavy atom. The number of hydrogen-bond acceptors (Lipinski definition) is 4. The van der Waals surface area contributed by atoms with Crippen molar-refractivity contribution in [2.75, 3.05) is 11.9 Å². The highest BCUT2D eigenvalue weighted by Crippen LogP contribution is 2.22. The van der Waals surface area contributed by atoms with Crippen molar-refractivity contribution >= 4 is 28.6 Å². The second kappa shape index (κ2) is 5.85. The molecular formula is C13H12ClN3S. The number of benzene rings is 1. The van der Waals surface area contributed by atoms with Crippen molar-refractivity contribution in [3.05, 3.63) is 45.4 Å². The van der Waals surface area contributed by atoms with Crippen LogP contribution in [-0.4, -0.2) is 11.5 Å². The Morgan fingerprint density at radius 1 is 1.56 bits per heavy atom. The maximum absolute atomic E-state index is 9.03. The van der Waals surface area contributed by atoms with E-state index < -0.39 is 0 Å². The number of rotatable bonds is 4. The van der Waals surface area contributed by atoms with Gasteiger partial charge in [-0.15, -0.1) is 11.3 Å². The van der Waals surface area contributed by atoms with Crippen LogP contribution in [0.2, 0.25) is 5.02 Å². The summed E-state index contributed by atoms with van der Waals surface area (Å²) in [7, 11) is 0. The highest BCUT2D eigenvalue weighted by molar-refractivity contribution is 7.09. The Kier molecular flexibility index (Phi) is 4.19. The van der Waals surface area contributed by atoms with Gasteiger partial charge in [-0.1, -0.05) is 18.5 Å². The molecule has 0 fully saturated rings. The van der Waals surface area contributed by atoms with Gasteiger partial charge >= 0.3 is 0 Å². The molecule has 2 rings (SSSR count). The zero-order valence-electron chi connectivity index (χ0n) is 9.85. The molecular weight excluding hydrogens is 266 g/mol. The van der Waals surface area contributed by atoms with Gasteiger partial charge in [0.1, 0.15) is 6.07 Å². The molecule has 1 unspecified atom stereocenters. The van der Waals surface area contributed by atoms with Crippen LogP contribution >= 0.6 is 22.9 Å². The lowest BCUT2D eigenvalue weighted by Gasteiger charge is -2.12. The first-order valence-electron chi connectivity index (χ1n) is 5.53. The molecule has 0 aliphatic heterocycles. The summed E-state index contributed by atoms with van der Waals surface area (Å²) in [6.07, 6.45) is 1.81. The summed E-state index contributed by atoms with van der Waals surface area (Å²) in [6.45, 7) is 2.84. The topological polar surface area (TPSA) is 48.7 Å². The monoisotopic (exact) mass is 277 g/mol. The van der Waals surface area contributed by atoms with E-state index in [0.717, 1.165) is 17.2 Å². The average molecular weight is 278 g/mol. The van der Waals surface area contributed by atoms with Gasteiger partial charge < -0.3 is 5.32 Å². The smallest absolute Gasteiger partial charge is 0.101 e. The molecule has 1 heterocycles. The number of hydrogen-bond donors (Lipinski definition) is 1. The molecule has 92 valence electrons. The second-order valence-electron chi connectivity index (χ2n) is 3.95. The van der Waals surface area contributed by atoms with Gasteiger partial charge in [0.05, 0.1) is 16.3 Å². The Morgan fingerprint density at radius 3 is 3.06 bits per heavy atom. The third-order valence-electron chi connectivity index (χ3n) is 2.57. The summed E-state index contributed by atoms with van der Waals surface area (Å²) >= 11 is 7.49. The molecule has 0 aliphatic rings. The molecule has 0 saturated carbocycles. The minimum absolute atomic E-state index is 0.312. The van der Waals surface area contributed by atoms with Crippen molar-refractivity contribution in [1.29, 1.82) is 5.26 Å². The van der Waals surface area contributed by atoms with Crippen LogP contribution in [0, 0.1) is 11.3 Å². The van der Waals surface area contributed by atoms with Gasteiger partial charge in [-0.25, -0.2) is 4.98 Å². The number of thiazole rings is 1. The largest absolute Gasteiger partial charge is 0.383 e. The molecule has 0 saturated heterocycles. The van der Waals surface area contributed by atoms with E-state index in [1.807, 2.05) is 11.4 Å². The molecule has 1 atom stereocenters. The van der Waals surface area contributed by atoms with E-state index in [4.69, 9.17) is 16.9 Å². The Labute approximate surface area is 115 Å². The van der Waals surface area contributed by atoms with Crippen LogP contribution in [0.1, 0.15) is 23.4 Å². The number of anilines is 1. The van der Waals surface area contributed by atoms with Crippen molar-refractivity contribution < 1.29 is 0 Å². The summed E-state index contributed by atoms with van der Waals surface area (Å²) in [4.78, 5) is 4.28. The predicted molar refractivity (Wildman–Crippen MR) is 75.2 cm³/mol. The summed E-state index contributed by atoms with van der Waals surface area (Å²) < 4.78 is 0. The minimum atomic E-state index is 0.312. The molecule has 2 aromatic rings. The molecule has 0 bridgehead atoms. The lowest BCUT2D eigenvalue weighted by atomic mass is 10.1. The Bertz CT molecular complexity index is 560. The summed E-state index contributed by atoms with van der Waals surface area (Å²) in [6, 6.07) is 7.40. The lowest BCUT2D eigenvalue weighted by Crippen LogP contribution is -2.10. The normalized spacial score (nSPS) is 11.8. The summed E-state index contributed by atoms with van der Waals surface area (Å²) in [5.41, 5.74) is 1.37. The van der Waals surface area contributed by atoms with E-state index in [-0.39, 0.29) is 0 Å². The SMILES string of the molecule is CC(CNc1ccc(Cl)cc1C#N)c1nccs1. The summed E-state index contributed by atoms with van der Waals surface area (Å²) in [5.74, 6) is 0.312. The van der Waals surface area contributed by atoms with Crippen molar-refractivity contribution in [2.45, 2.75) is 12.8 Å². The van der Waals surface area contributed by atoms with E-state index in [2.05, 4.69) is 23.3 Å². The van der Waals surface area contributed by atoms with Crippen molar-refractivity contribution in [2.24, 2.45) is 0 Å². The zero-order chi connectivity index (χ0) is 13.0. The average Bonchev–Trinajstić information content (AvgIpc) is 2.90. The third-order valence-corrected chi connectivity index (χ3v) is 3.82. The Hall–Kier alpha value is -1.57. The van der Waals surface area contributed by atoms with Crippen LogP contribution in [-0.2, 0) is 0 Å². The molecule has 3 nitrogen and oxygen atoms in total. The molecule has 1 aromatic carbocycles. The Balaban J connectivity index is 2.05. The fraction of sp³-hybridized carbons (Fsp3) is 0.231. The molecule has 0 radical (unpaired) electrons. The maximum atomic E-state index is 9.03. The van der Waals surface area contributed by atoms with Gasteiger partial charge in [0.25, 0.3) is 0 Å². The van der Waals surface area contributed by atoms with Crippen molar-refractivity contribution in [1.82, 2.24) is 4.98 Å². The molecule has 1 N–H and O–H groups in total. The van der Waals surface area contributed by atoms with Gasteiger partial charge in [0.2, 0.25) is 0 Å². The van der Waals surface area contributed by atoms with Gasteiger partial charge in [-0.2, -0.15) is 5.26 Å². The molecule has 1 aromatic heterocycles. The molecule has 0 aliphatic carbocycles. The van der Waals surface area contributed by atoms with E-state index in [0.29, 0.717) is 16.5 Å². The number of nitrogens with zero attached hydrogens (tertiary/aromatic N) is 2. The highest BCUT2D eigenvalue weighted by Gasteiger charge is 2.09. The first kappa shape index (κ1) is 12.9. The summed E-state index contributed by atoms with van der Waals surface area (Å²) in [5, 5.41) is 15.9. The van der Waals surface area contributed by atoms with E-state index in [9.17, 15) is 0 Å². The van der Waals surface area contributed by atoms with Gasteiger partial charge in [-0.05, 0) is 18.2 Å². The number of nitriles is 1. The molecule has 18 heavy (non-hydrogen) atoms. The van der Waals surface area contributed by atoms with Gasteiger partial charge in [0.15, 0.2) is 0 Å². The first-order chi connectivity index (χ1) is 8.70. The zero-order valence-corrected chi connectivity index (χ0v) is 11.4. The number of nitrogens with one attached hydrogen (secondary N) is 1. The fourth-order valence-corrected chi connectivity index (χ4v) is 2.46. The van der Waals surface area contributed by atoms with Crippen LogP contribution in [0.5, 0.6) is 0 Å². The van der Waals surface area contributed by atoms with E-state index in [1.165, 1.54) is 0 Å². The number of aromatic nitrogens is 1. The molecule has 0 amide bonds. The maximum Gasteiger partial charge on any atom is 0.101 e. The van der Waals surface area contributed by atoms with Crippen LogP contribution in [0.3, 0.4) is 0 Å². The second-order valence-corrected chi connectivity index (χ2v) is 5.32. The third kappa shape index (κ3) is 3.00.